The van der Waals surface area contributed by atoms with Gasteiger partial charge in [0.05, 0.1) is 11.8 Å². The molecule has 1 aliphatic heterocycles. The first-order valence-electron chi connectivity index (χ1n) is 6.23. The minimum atomic E-state index is -3.24. The van der Waals surface area contributed by atoms with Gasteiger partial charge in [-0.25, -0.2) is 13.2 Å². The largest absolute Gasteiger partial charge is 0.444 e. The predicted octanol–water partition coefficient (Wildman–Crippen LogP) is 1.72. The molecule has 1 fully saturated rings. The standard InChI is InChI=1S/C11H20N4O4S/c1-11(2,3)19-10(16)15-6-8(13-14-12)5-9(15)7-20(4,17)18/h8-9H,5-7H2,1-4H3/t8?,9-/m0/s1. The van der Waals surface area contributed by atoms with Crippen LogP contribution in [0.1, 0.15) is 27.2 Å². The Morgan fingerprint density at radius 3 is 2.55 bits per heavy atom. The van der Waals surface area contributed by atoms with Gasteiger partial charge in [-0.05, 0) is 32.7 Å². The molecule has 1 saturated heterocycles. The van der Waals surface area contributed by atoms with Gasteiger partial charge in [0, 0.05) is 23.8 Å². The number of nitrogens with zero attached hydrogens (tertiary/aromatic N) is 4. The van der Waals surface area contributed by atoms with Crippen LogP contribution in [0.4, 0.5) is 4.79 Å². The van der Waals surface area contributed by atoms with Gasteiger partial charge in [0.25, 0.3) is 0 Å². The van der Waals surface area contributed by atoms with E-state index in [1.807, 2.05) is 0 Å². The Kier molecular flexibility index (Phi) is 4.88. The lowest BCUT2D eigenvalue weighted by atomic mass is 10.2. The van der Waals surface area contributed by atoms with Crippen molar-refractivity contribution < 1.29 is 17.9 Å². The summed E-state index contributed by atoms with van der Waals surface area (Å²) >= 11 is 0. The Morgan fingerprint density at radius 1 is 1.50 bits per heavy atom. The molecule has 9 heteroatoms. The van der Waals surface area contributed by atoms with Crippen LogP contribution in [0.3, 0.4) is 0 Å². The van der Waals surface area contributed by atoms with Crippen LogP contribution in [-0.2, 0) is 14.6 Å². The highest BCUT2D eigenvalue weighted by Gasteiger charge is 2.38. The Balaban J connectivity index is 2.88. The molecule has 0 aromatic rings. The number of likely N-dealkylation sites (tertiary alicyclic amines) is 1. The molecule has 1 unspecified atom stereocenters. The second-order valence-corrected chi connectivity index (χ2v) is 8.16. The van der Waals surface area contributed by atoms with Crippen molar-refractivity contribution in [2.45, 2.75) is 44.9 Å². The molecular weight excluding hydrogens is 284 g/mol. The second-order valence-electron chi connectivity index (χ2n) is 5.97. The zero-order valence-electron chi connectivity index (χ0n) is 12.1. The van der Waals surface area contributed by atoms with Crippen LogP contribution < -0.4 is 0 Å². The van der Waals surface area contributed by atoms with Crippen molar-refractivity contribution in [2.75, 3.05) is 18.6 Å². The van der Waals surface area contributed by atoms with Gasteiger partial charge in [0.2, 0.25) is 0 Å². The van der Waals surface area contributed by atoms with E-state index < -0.39 is 33.6 Å². The van der Waals surface area contributed by atoms with Crippen molar-refractivity contribution in [1.29, 1.82) is 0 Å². The highest BCUT2D eigenvalue weighted by atomic mass is 32.2. The summed E-state index contributed by atoms with van der Waals surface area (Å²) in [5.74, 6) is -0.163. The van der Waals surface area contributed by atoms with Gasteiger partial charge in [0.15, 0.2) is 0 Å². The molecule has 0 saturated carbocycles. The van der Waals surface area contributed by atoms with E-state index in [2.05, 4.69) is 10.0 Å². The van der Waals surface area contributed by atoms with Gasteiger partial charge in [-0.3, -0.25) is 0 Å². The zero-order valence-corrected chi connectivity index (χ0v) is 12.9. The lowest BCUT2D eigenvalue weighted by Gasteiger charge is -2.28. The van der Waals surface area contributed by atoms with Crippen LogP contribution >= 0.6 is 0 Å². The summed E-state index contributed by atoms with van der Waals surface area (Å²) < 4.78 is 28.1. The molecule has 0 bridgehead atoms. The third kappa shape index (κ3) is 5.26. The van der Waals surface area contributed by atoms with E-state index >= 15 is 0 Å². The van der Waals surface area contributed by atoms with Gasteiger partial charge < -0.3 is 9.64 Å². The smallest absolute Gasteiger partial charge is 0.410 e. The summed E-state index contributed by atoms with van der Waals surface area (Å²) in [5, 5.41) is 3.57. The van der Waals surface area contributed by atoms with Gasteiger partial charge in [0.1, 0.15) is 15.4 Å². The highest BCUT2D eigenvalue weighted by molar-refractivity contribution is 7.90. The molecule has 20 heavy (non-hydrogen) atoms. The van der Waals surface area contributed by atoms with E-state index in [0.29, 0.717) is 6.42 Å². The molecule has 2 atom stereocenters. The second kappa shape index (κ2) is 5.88. The molecule has 0 radical (unpaired) electrons. The number of rotatable bonds is 3. The first-order chi connectivity index (χ1) is 9.02. The Morgan fingerprint density at radius 2 is 2.10 bits per heavy atom. The molecule has 0 aromatic carbocycles. The lowest BCUT2D eigenvalue weighted by molar-refractivity contribution is 0.0239. The third-order valence-electron chi connectivity index (χ3n) is 2.73. The number of sulfone groups is 1. The molecule has 0 N–H and O–H groups in total. The summed E-state index contributed by atoms with van der Waals surface area (Å²) in [5.41, 5.74) is 7.80. The van der Waals surface area contributed by atoms with E-state index in [1.54, 1.807) is 20.8 Å². The molecule has 0 aromatic heterocycles. The Labute approximate surface area is 118 Å². The fourth-order valence-corrected chi connectivity index (χ4v) is 3.12. The lowest BCUT2D eigenvalue weighted by Crippen LogP contribution is -2.42. The van der Waals surface area contributed by atoms with Crippen LogP contribution in [0.15, 0.2) is 5.11 Å². The average Bonchev–Trinajstić information content (AvgIpc) is 2.56. The predicted molar refractivity (Wildman–Crippen MR) is 74.0 cm³/mol. The van der Waals surface area contributed by atoms with Crippen molar-refractivity contribution in [2.24, 2.45) is 5.11 Å². The minimum Gasteiger partial charge on any atom is -0.444 e. The van der Waals surface area contributed by atoms with E-state index in [9.17, 15) is 13.2 Å². The van der Waals surface area contributed by atoms with Crippen LogP contribution in [0.25, 0.3) is 10.4 Å². The summed E-state index contributed by atoms with van der Waals surface area (Å²) in [6, 6.07) is -0.936. The van der Waals surface area contributed by atoms with Crippen LogP contribution in [0.5, 0.6) is 0 Å². The number of ether oxygens (including phenoxy) is 1. The average molecular weight is 304 g/mol. The fourth-order valence-electron chi connectivity index (χ4n) is 2.10. The van der Waals surface area contributed by atoms with Gasteiger partial charge >= 0.3 is 6.09 Å². The molecule has 1 aliphatic rings. The quantitative estimate of drug-likeness (QED) is 0.448. The maximum Gasteiger partial charge on any atom is 0.410 e. The Bertz CT molecular complexity index is 519. The SMILES string of the molecule is CC(C)(C)OC(=O)N1CC(N=[N+]=[N-])C[C@H]1CS(C)(=O)=O. The van der Waals surface area contributed by atoms with E-state index in [0.717, 1.165) is 6.26 Å². The molecule has 1 amide bonds. The summed E-state index contributed by atoms with van der Waals surface area (Å²) in [4.78, 5) is 16.1. The van der Waals surface area contributed by atoms with Crippen molar-refractivity contribution in [3.63, 3.8) is 0 Å². The van der Waals surface area contributed by atoms with Gasteiger partial charge in [-0.1, -0.05) is 5.11 Å². The summed E-state index contributed by atoms with van der Waals surface area (Å²) in [6.07, 6.45) is 0.860. The summed E-state index contributed by atoms with van der Waals surface area (Å²) in [6.45, 7) is 5.38. The molecule has 0 aliphatic carbocycles. The topological polar surface area (TPSA) is 112 Å². The van der Waals surface area contributed by atoms with E-state index in [1.165, 1.54) is 4.90 Å². The molecule has 114 valence electrons. The number of amides is 1. The molecule has 0 spiro atoms. The first-order valence-corrected chi connectivity index (χ1v) is 8.29. The van der Waals surface area contributed by atoms with Crippen LogP contribution in [-0.4, -0.2) is 55.6 Å². The highest BCUT2D eigenvalue weighted by Crippen LogP contribution is 2.24. The number of carbonyl (C=O) groups is 1. The van der Waals surface area contributed by atoms with Crippen LogP contribution in [0.2, 0.25) is 0 Å². The number of carbonyl (C=O) groups excluding carboxylic acids is 1. The normalized spacial score (nSPS) is 23.3. The van der Waals surface area contributed by atoms with Gasteiger partial charge in [-0.15, -0.1) is 0 Å². The first kappa shape index (κ1) is 16.6. The number of hydrogen-bond acceptors (Lipinski definition) is 5. The number of azide groups is 1. The summed E-state index contributed by atoms with van der Waals surface area (Å²) in [7, 11) is -3.24. The van der Waals surface area contributed by atoms with E-state index in [4.69, 9.17) is 10.3 Å². The maximum absolute atomic E-state index is 12.1. The molecule has 1 heterocycles. The van der Waals surface area contributed by atoms with Crippen molar-refractivity contribution in [1.82, 2.24) is 4.90 Å². The molecule has 8 nitrogen and oxygen atoms in total. The van der Waals surface area contributed by atoms with Gasteiger partial charge in [-0.2, -0.15) is 0 Å². The maximum atomic E-state index is 12.1. The zero-order chi connectivity index (χ0) is 15.6. The van der Waals surface area contributed by atoms with Crippen molar-refractivity contribution in [3.05, 3.63) is 10.4 Å². The van der Waals surface area contributed by atoms with E-state index in [-0.39, 0.29) is 12.3 Å². The van der Waals surface area contributed by atoms with Crippen molar-refractivity contribution in [3.8, 4) is 0 Å². The molecular formula is C11H20N4O4S. The molecule has 1 rings (SSSR count). The third-order valence-corrected chi connectivity index (χ3v) is 3.72. The Hall–Kier alpha value is -1.47. The monoisotopic (exact) mass is 304 g/mol. The fraction of sp³-hybridized carbons (Fsp3) is 0.909. The minimum absolute atomic E-state index is 0.163. The number of hydrogen-bond donors (Lipinski definition) is 0. The van der Waals surface area contributed by atoms with Crippen molar-refractivity contribution >= 4 is 15.9 Å². The van der Waals surface area contributed by atoms with Crippen LogP contribution in [0, 0.1) is 0 Å².